The van der Waals surface area contributed by atoms with Crippen LogP contribution in [-0.4, -0.2) is 20.8 Å². The third-order valence-electron chi connectivity index (χ3n) is 1.84. The molecule has 1 heterocycles. The smallest absolute Gasteiger partial charge is 0.257 e. The van der Waals surface area contributed by atoms with Crippen LogP contribution in [0.3, 0.4) is 0 Å². The summed E-state index contributed by atoms with van der Waals surface area (Å²) in [5, 5.41) is 7.91. The number of nitrogens with zero attached hydrogens (tertiary/aromatic N) is 3. The maximum absolute atomic E-state index is 11.1. The number of Topliss-reactive ketones (excluding diaryl/α,β-unsaturated/α-hetero) is 1. The molecule has 0 saturated carbocycles. The Kier molecular flexibility index (Phi) is 2.30. The van der Waals surface area contributed by atoms with Gasteiger partial charge in [0, 0.05) is 0 Å². The van der Waals surface area contributed by atoms with Gasteiger partial charge in [-0.25, -0.2) is 0 Å². The molecule has 1 aromatic carbocycles. The number of carbonyl (C=O) groups is 1. The first-order valence-electron chi connectivity index (χ1n) is 4.30. The minimum Gasteiger partial charge on any atom is -0.277 e. The highest BCUT2D eigenvalue weighted by Gasteiger charge is 2.07. The van der Waals surface area contributed by atoms with Crippen LogP contribution in [0.2, 0.25) is 0 Å². The van der Waals surface area contributed by atoms with Gasteiger partial charge in [-0.15, -0.1) is 11.5 Å². The highest BCUT2D eigenvalue weighted by molar-refractivity contribution is 6.06. The lowest BCUT2D eigenvalue weighted by atomic mass is 10.3. The van der Waals surface area contributed by atoms with Crippen LogP contribution in [0.5, 0.6) is 0 Å². The van der Waals surface area contributed by atoms with Gasteiger partial charge in [-0.1, -0.05) is 18.2 Å². The highest BCUT2D eigenvalue weighted by atomic mass is 16.1. The normalized spacial score (nSPS) is 9.53. The molecule has 2 rings (SSSR count). The summed E-state index contributed by atoms with van der Waals surface area (Å²) in [4.78, 5) is 12.5. The molecule has 0 amide bonds. The lowest BCUT2D eigenvalue weighted by Crippen LogP contribution is -2.01. The van der Waals surface area contributed by atoms with Crippen molar-refractivity contribution < 1.29 is 4.79 Å². The summed E-state index contributed by atoms with van der Waals surface area (Å²) >= 11 is 0. The third kappa shape index (κ3) is 1.76. The Morgan fingerprint density at radius 3 is 2.73 bits per heavy atom. The minimum absolute atomic E-state index is 0.182. The number of carbonyl (C=O) groups excluding carboxylic acids is 1. The molecule has 0 atom stereocenters. The van der Waals surface area contributed by atoms with Crippen molar-refractivity contribution in [3.05, 3.63) is 42.2 Å². The quantitative estimate of drug-likeness (QED) is 0.411. The molecule has 4 heteroatoms. The van der Waals surface area contributed by atoms with Gasteiger partial charge in [-0.05, 0) is 18.1 Å². The van der Waals surface area contributed by atoms with Gasteiger partial charge in [0.25, 0.3) is 5.78 Å². The Morgan fingerprint density at radius 2 is 2.07 bits per heavy atom. The van der Waals surface area contributed by atoms with Gasteiger partial charge in [0.1, 0.15) is 0 Å². The van der Waals surface area contributed by atoms with Gasteiger partial charge < -0.3 is 0 Å². The van der Waals surface area contributed by atoms with E-state index in [-0.39, 0.29) is 5.69 Å². The molecule has 2 aromatic rings. The summed E-state index contributed by atoms with van der Waals surface area (Å²) in [5.41, 5.74) is 0.968. The van der Waals surface area contributed by atoms with E-state index in [0.29, 0.717) is 0 Å². The molecule has 0 aliphatic rings. The topological polar surface area (TPSA) is 47.8 Å². The van der Waals surface area contributed by atoms with Crippen molar-refractivity contribution in [2.45, 2.75) is 0 Å². The van der Waals surface area contributed by atoms with E-state index < -0.39 is 5.78 Å². The summed E-state index contributed by atoms with van der Waals surface area (Å²) in [6, 6.07) is 9.29. The predicted molar refractivity (Wildman–Crippen MR) is 54.5 cm³/mol. The lowest BCUT2D eigenvalue weighted by Gasteiger charge is -1.96. The van der Waals surface area contributed by atoms with Crippen LogP contribution in [0, 0.1) is 12.3 Å². The van der Waals surface area contributed by atoms with Crippen LogP contribution in [0.25, 0.3) is 5.69 Å². The fourth-order valence-corrected chi connectivity index (χ4v) is 1.13. The summed E-state index contributed by atoms with van der Waals surface area (Å²) in [5.74, 6) is 1.53. The summed E-state index contributed by atoms with van der Waals surface area (Å²) < 4.78 is 0. The average molecular weight is 197 g/mol. The van der Waals surface area contributed by atoms with Gasteiger partial charge in [0.2, 0.25) is 0 Å². The van der Waals surface area contributed by atoms with Crippen LogP contribution in [0.15, 0.2) is 36.5 Å². The molecular formula is C11H7N3O. The Bertz CT molecular complexity index is 522. The highest BCUT2D eigenvalue weighted by Crippen LogP contribution is 2.04. The number of para-hydroxylation sites is 1. The monoisotopic (exact) mass is 197 g/mol. The van der Waals surface area contributed by atoms with E-state index in [4.69, 9.17) is 6.42 Å². The van der Waals surface area contributed by atoms with Gasteiger partial charge in [0.05, 0.1) is 11.9 Å². The molecule has 0 N–H and O–H groups in total. The van der Waals surface area contributed by atoms with Crippen LogP contribution in [0.4, 0.5) is 0 Å². The Labute approximate surface area is 86.5 Å². The molecule has 1 aromatic heterocycles. The number of rotatable bonds is 2. The Balaban J connectivity index is 2.37. The van der Waals surface area contributed by atoms with E-state index >= 15 is 0 Å². The zero-order valence-corrected chi connectivity index (χ0v) is 7.79. The number of hydrogen-bond donors (Lipinski definition) is 0. The zero-order chi connectivity index (χ0) is 10.7. The van der Waals surface area contributed by atoms with E-state index in [2.05, 4.69) is 10.2 Å². The van der Waals surface area contributed by atoms with E-state index in [0.717, 1.165) is 5.69 Å². The molecule has 0 saturated heterocycles. The van der Waals surface area contributed by atoms with Gasteiger partial charge in [0.15, 0.2) is 5.69 Å². The van der Waals surface area contributed by atoms with E-state index in [9.17, 15) is 4.79 Å². The second kappa shape index (κ2) is 3.76. The van der Waals surface area contributed by atoms with Gasteiger partial charge >= 0.3 is 0 Å². The molecule has 15 heavy (non-hydrogen) atoms. The minimum atomic E-state index is -0.461. The molecule has 72 valence electrons. The second-order valence-corrected chi connectivity index (χ2v) is 2.83. The number of terminal acetylenes is 1. The van der Waals surface area contributed by atoms with Crippen LogP contribution in [-0.2, 0) is 0 Å². The summed E-state index contributed by atoms with van der Waals surface area (Å²) in [6.45, 7) is 0. The molecular weight excluding hydrogens is 190 g/mol. The van der Waals surface area contributed by atoms with Crippen LogP contribution in [0.1, 0.15) is 10.5 Å². The fraction of sp³-hybridized carbons (Fsp3) is 0. The number of ketones is 1. The van der Waals surface area contributed by atoms with Crippen molar-refractivity contribution >= 4 is 5.78 Å². The predicted octanol–water partition coefficient (Wildman–Crippen LogP) is 1.08. The molecule has 0 fully saturated rings. The fourth-order valence-electron chi connectivity index (χ4n) is 1.13. The van der Waals surface area contributed by atoms with Gasteiger partial charge in [-0.2, -0.15) is 9.90 Å². The lowest BCUT2D eigenvalue weighted by molar-refractivity contribution is 0.105. The average Bonchev–Trinajstić information content (AvgIpc) is 2.78. The zero-order valence-electron chi connectivity index (χ0n) is 7.79. The van der Waals surface area contributed by atoms with Crippen molar-refractivity contribution in [3.63, 3.8) is 0 Å². The number of aromatic nitrogens is 3. The van der Waals surface area contributed by atoms with E-state index in [1.807, 2.05) is 36.3 Å². The molecule has 0 aliphatic heterocycles. The summed E-state index contributed by atoms with van der Waals surface area (Å²) in [6.07, 6.45) is 6.33. The van der Waals surface area contributed by atoms with Crippen molar-refractivity contribution in [1.82, 2.24) is 15.0 Å². The first-order valence-corrected chi connectivity index (χ1v) is 4.30. The maximum Gasteiger partial charge on any atom is 0.257 e. The largest absolute Gasteiger partial charge is 0.277 e. The van der Waals surface area contributed by atoms with E-state index in [1.54, 1.807) is 0 Å². The molecule has 0 aliphatic carbocycles. The Morgan fingerprint density at radius 1 is 1.33 bits per heavy atom. The van der Waals surface area contributed by atoms with Crippen molar-refractivity contribution in [2.24, 2.45) is 0 Å². The van der Waals surface area contributed by atoms with Crippen LogP contribution >= 0.6 is 0 Å². The van der Waals surface area contributed by atoms with Gasteiger partial charge in [-0.3, -0.25) is 4.79 Å². The van der Waals surface area contributed by atoms with Crippen molar-refractivity contribution in [1.29, 1.82) is 0 Å². The molecule has 0 bridgehead atoms. The molecule has 0 radical (unpaired) electrons. The first kappa shape index (κ1) is 9.16. The van der Waals surface area contributed by atoms with E-state index in [1.165, 1.54) is 11.0 Å². The summed E-state index contributed by atoms with van der Waals surface area (Å²) in [7, 11) is 0. The third-order valence-corrected chi connectivity index (χ3v) is 1.84. The molecule has 0 unspecified atom stereocenters. The molecule has 4 nitrogen and oxygen atoms in total. The number of hydrogen-bond acceptors (Lipinski definition) is 3. The van der Waals surface area contributed by atoms with Crippen LogP contribution < -0.4 is 0 Å². The van der Waals surface area contributed by atoms with Crippen molar-refractivity contribution in [2.75, 3.05) is 0 Å². The van der Waals surface area contributed by atoms with Crippen molar-refractivity contribution in [3.8, 4) is 18.0 Å². The standard InChI is InChI=1S/C11H7N3O/c1-2-11(15)10-8-12-14(13-10)9-6-4-3-5-7-9/h1,3-8H. The second-order valence-electron chi connectivity index (χ2n) is 2.83. The number of benzene rings is 1. The Hall–Kier alpha value is -2.41. The molecule has 0 spiro atoms. The first-order chi connectivity index (χ1) is 7.31. The SMILES string of the molecule is C#CC(=O)c1cnn(-c2ccccc2)n1. The maximum atomic E-state index is 11.1.